The van der Waals surface area contributed by atoms with E-state index in [0.29, 0.717) is 6.04 Å². The molecular formula is C16H23N3. The molecule has 0 radical (unpaired) electrons. The average molecular weight is 257 g/mol. The largest absolute Gasteiger partial charge is 0.331 e. The molecule has 1 atom stereocenters. The first-order chi connectivity index (χ1) is 9.30. The molecule has 2 aromatic rings. The molecule has 0 saturated heterocycles. The van der Waals surface area contributed by atoms with Crippen molar-refractivity contribution in [3.05, 3.63) is 42.2 Å². The van der Waals surface area contributed by atoms with Crippen LogP contribution in [-0.4, -0.2) is 16.1 Å². The van der Waals surface area contributed by atoms with Gasteiger partial charge in [-0.05, 0) is 25.5 Å². The second-order valence-corrected chi connectivity index (χ2v) is 4.68. The molecule has 0 saturated carbocycles. The molecule has 0 spiro atoms. The Hall–Kier alpha value is -1.61. The van der Waals surface area contributed by atoms with Gasteiger partial charge in [-0.3, -0.25) is 0 Å². The number of aromatic nitrogens is 2. The highest BCUT2D eigenvalue weighted by molar-refractivity contribution is 5.56. The Labute approximate surface area is 115 Å². The van der Waals surface area contributed by atoms with Crippen LogP contribution in [0.2, 0.25) is 0 Å². The lowest BCUT2D eigenvalue weighted by Crippen LogP contribution is -2.19. The summed E-state index contributed by atoms with van der Waals surface area (Å²) in [5.41, 5.74) is 2.53. The molecule has 102 valence electrons. The van der Waals surface area contributed by atoms with E-state index in [2.05, 4.69) is 59.9 Å². The van der Waals surface area contributed by atoms with Gasteiger partial charge in [0, 0.05) is 30.5 Å². The summed E-state index contributed by atoms with van der Waals surface area (Å²) in [5, 5.41) is 3.50. The third kappa shape index (κ3) is 3.04. The number of rotatable bonds is 6. The van der Waals surface area contributed by atoms with Crippen molar-refractivity contribution in [3.63, 3.8) is 0 Å². The molecule has 3 nitrogen and oxygen atoms in total. The SMILES string of the molecule is CCNC(CC)c1ccc(-c2nccn2CC)cc1. The maximum Gasteiger partial charge on any atom is 0.139 e. The molecule has 1 unspecified atom stereocenters. The smallest absolute Gasteiger partial charge is 0.139 e. The zero-order valence-electron chi connectivity index (χ0n) is 12.1. The first kappa shape index (κ1) is 13.8. The Morgan fingerprint density at radius 2 is 1.89 bits per heavy atom. The van der Waals surface area contributed by atoms with Crippen molar-refractivity contribution in [1.29, 1.82) is 0 Å². The summed E-state index contributed by atoms with van der Waals surface area (Å²) >= 11 is 0. The van der Waals surface area contributed by atoms with E-state index < -0.39 is 0 Å². The third-order valence-corrected chi connectivity index (χ3v) is 3.49. The fraction of sp³-hybridized carbons (Fsp3) is 0.438. The van der Waals surface area contributed by atoms with Gasteiger partial charge in [0.2, 0.25) is 0 Å². The first-order valence-corrected chi connectivity index (χ1v) is 7.15. The van der Waals surface area contributed by atoms with Crippen molar-refractivity contribution >= 4 is 0 Å². The summed E-state index contributed by atoms with van der Waals surface area (Å²) in [5.74, 6) is 1.05. The molecule has 1 aromatic heterocycles. The van der Waals surface area contributed by atoms with E-state index in [1.165, 1.54) is 11.1 Å². The van der Waals surface area contributed by atoms with Crippen molar-refractivity contribution in [3.8, 4) is 11.4 Å². The van der Waals surface area contributed by atoms with Crippen molar-refractivity contribution in [2.24, 2.45) is 0 Å². The molecule has 0 aliphatic heterocycles. The van der Waals surface area contributed by atoms with E-state index in [1.54, 1.807) is 0 Å². The molecule has 19 heavy (non-hydrogen) atoms. The van der Waals surface area contributed by atoms with Crippen LogP contribution in [0.5, 0.6) is 0 Å². The second-order valence-electron chi connectivity index (χ2n) is 4.68. The van der Waals surface area contributed by atoms with Gasteiger partial charge in [0.15, 0.2) is 0 Å². The van der Waals surface area contributed by atoms with E-state index in [1.807, 2.05) is 12.4 Å². The summed E-state index contributed by atoms with van der Waals surface area (Å²) in [6, 6.07) is 9.21. The molecule has 0 bridgehead atoms. The van der Waals surface area contributed by atoms with E-state index in [9.17, 15) is 0 Å². The zero-order valence-corrected chi connectivity index (χ0v) is 12.1. The summed E-state index contributed by atoms with van der Waals surface area (Å²) in [6.45, 7) is 8.45. The van der Waals surface area contributed by atoms with Gasteiger partial charge in [0.1, 0.15) is 5.82 Å². The molecule has 0 aliphatic rings. The van der Waals surface area contributed by atoms with Crippen LogP contribution < -0.4 is 5.32 Å². The van der Waals surface area contributed by atoms with Gasteiger partial charge < -0.3 is 9.88 Å². The maximum absolute atomic E-state index is 4.44. The maximum atomic E-state index is 4.44. The van der Waals surface area contributed by atoms with Crippen LogP contribution >= 0.6 is 0 Å². The molecule has 1 heterocycles. The standard InChI is InChI=1S/C16H23N3/c1-4-15(17-5-2)13-7-9-14(10-8-13)16-18-11-12-19(16)6-3/h7-12,15,17H,4-6H2,1-3H3. The lowest BCUT2D eigenvalue weighted by Gasteiger charge is -2.16. The zero-order chi connectivity index (χ0) is 13.7. The Bertz CT molecular complexity index is 499. The topological polar surface area (TPSA) is 29.9 Å². The Kier molecular flexibility index (Phi) is 4.74. The normalized spacial score (nSPS) is 12.6. The predicted molar refractivity (Wildman–Crippen MR) is 80.0 cm³/mol. The number of benzene rings is 1. The first-order valence-electron chi connectivity index (χ1n) is 7.15. The van der Waals surface area contributed by atoms with Gasteiger partial charge in [-0.25, -0.2) is 4.98 Å². The fourth-order valence-electron chi connectivity index (χ4n) is 2.43. The van der Waals surface area contributed by atoms with Crippen LogP contribution in [0.4, 0.5) is 0 Å². The highest BCUT2D eigenvalue weighted by atomic mass is 15.1. The van der Waals surface area contributed by atoms with Crippen LogP contribution in [-0.2, 0) is 6.54 Å². The number of nitrogens with zero attached hydrogens (tertiary/aromatic N) is 2. The van der Waals surface area contributed by atoms with Crippen LogP contribution in [0.3, 0.4) is 0 Å². The Morgan fingerprint density at radius 3 is 2.47 bits per heavy atom. The van der Waals surface area contributed by atoms with Gasteiger partial charge in [-0.1, -0.05) is 38.1 Å². The van der Waals surface area contributed by atoms with Gasteiger partial charge in [0.25, 0.3) is 0 Å². The Morgan fingerprint density at radius 1 is 1.16 bits per heavy atom. The van der Waals surface area contributed by atoms with Crippen LogP contribution in [0.1, 0.15) is 38.8 Å². The summed E-state index contributed by atoms with van der Waals surface area (Å²) in [4.78, 5) is 4.44. The van der Waals surface area contributed by atoms with E-state index >= 15 is 0 Å². The molecular weight excluding hydrogens is 234 g/mol. The lowest BCUT2D eigenvalue weighted by molar-refractivity contribution is 0.537. The van der Waals surface area contributed by atoms with Crippen LogP contribution in [0.25, 0.3) is 11.4 Å². The summed E-state index contributed by atoms with van der Waals surface area (Å²) in [6.07, 6.45) is 4.99. The number of nitrogens with one attached hydrogen (secondary N) is 1. The number of imidazole rings is 1. The second kappa shape index (κ2) is 6.53. The van der Waals surface area contributed by atoms with E-state index in [0.717, 1.165) is 25.3 Å². The molecule has 1 aromatic carbocycles. The minimum absolute atomic E-state index is 0.449. The highest BCUT2D eigenvalue weighted by Crippen LogP contribution is 2.22. The van der Waals surface area contributed by atoms with Crippen molar-refractivity contribution in [2.75, 3.05) is 6.54 Å². The minimum Gasteiger partial charge on any atom is -0.331 e. The monoisotopic (exact) mass is 257 g/mol. The molecule has 3 heteroatoms. The Balaban J connectivity index is 2.23. The summed E-state index contributed by atoms with van der Waals surface area (Å²) < 4.78 is 2.16. The van der Waals surface area contributed by atoms with Gasteiger partial charge in [-0.2, -0.15) is 0 Å². The van der Waals surface area contributed by atoms with Crippen LogP contribution in [0.15, 0.2) is 36.7 Å². The van der Waals surface area contributed by atoms with Gasteiger partial charge in [0.05, 0.1) is 0 Å². The van der Waals surface area contributed by atoms with Crippen molar-refractivity contribution in [2.45, 2.75) is 39.8 Å². The molecule has 2 rings (SSSR count). The summed E-state index contributed by atoms with van der Waals surface area (Å²) in [7, 11) is 0. The predicted octanol–water partition coefficient (Wildman–Crippen LogP) is 3.63. The molecule has 0 fully saturated rings. The lowest BCUT2D eigenvalue weighted by atomic mass is 10.0. The quantitative estimate of drug-likeness (QED) is 0.856. The van der Waals surface area contributed by atoms with Crippen molar-refractivity contribution in [1.82, 2.24) is 14.9 Å². The fourth-order valence-corrected chi connectivity index (χ4v) is 2.43. The van der Waals surface area contributed by atoms with Crippen LogP contribution in [0, 0.1) is 0 Å². The number of hydrogen-bond acceptors (Lipinski definition) is 2. The average Bonchev–Trinajstić information content (AvgIpc) is 2.93. The van der Waals surface area contributed by atoms with Gasteiger partial charge >= 0.3 is 0 Å². The highest BCUT2D eigenvalue weighted by Gasteiger charge is 2.09. The number of aryl methyl sites for hydroxylation is 1. The minimum atomic E-state index is 0.449. The molecule has 1 N–H and O–H groups in total. The third-order valence-electron chi connectivity index (χ3n) is 3.49. The van der Waals surface area contributed by atoms with E-state index in [4.69, 9.17) is 0 Å². The number of hydrogen-bond donors (Lipinski definition) is 1. The molecule has 0 aliphatic carbocycles. The van der Waals surface area contributed by atoms with Crippen molar-refractivity contribution < 1.29 is 0 Å². The van der Waals surface area contributed by atoms with E-state index in [-0.39, 0.29) is 0 Å². The van der Waals surface area contributed by atoms with Gasteiger partial charge in [-0.15, -0.1) is 0 Å². The molecule has 0 amide bonds.